The van der Waals surface area contributed by atoms with Gasteiger partial charge in [-0.15, -0.1) is 11.3 Å². The fourth-order valence-corrected chi connectivity index (χ4v) is 2.80. The van der Waals surface area contributed by atoms with Crippen LogP contribution >= 0.6 is 23.6 Å². The van der Waals surface area contributed by atoms with Crippen molar-refractivity contribution in [2.24, 2.45) is 0 Å². The van der Waals surface area contributed by atoms with Crippen LogP contribution in [0.3, 0.4) is 0 Å². The van der Waals surface area contributed by atoms with Gasteiger partial charge >= 0.3 is 0 Å². The SMILES string of the molecule is Cc1ncsc1-c1n[nH]c(=S)n1-c1ccccc1. The molecule has 0 bridgehead atoms. The molecule has 1 aromatic carbocycles. The van der Waals surface area contributed by atoms with E-state index in [0.717, 1.165) is 22.1 Å². The number of hydrogen-bond acceptors (Lipinski definition) is 4. The maximum absolute atomic E-state index is 5.30. The third-order valence-corrected chi connectivity index (χ3v) is 3.83. The van der Waals surface area contributed by atoms with E-state index in [1.807, 2.05) is 47.3 Å². The molecule has 3 aromatic rings. The van der Waals surface area contributed by atoms with Gasteiger partial charge < -0.3 is 0 Å². The quantitative estimate of drug-likeness (QED) is 0.729. The molecule has 1 N–H and O–H groups in total. The molecule has 0 radical (unpaired) electrons. The summed E-state index contributed by atoms with van der Waals surface area (Å²) in [6.07, 6.45) is 0. The minimum Gasteiger partial charge on any atom is -0.267 e. The molecular weight excluding hydrogens is 264 g/mol. The first kappa shape index (κ1) is 11.3. The lowest BCUT2D eigenvalue weighted by Gasteiger charge is -2.05. The average Bonchev–Trinajstić information content (AvgIpc) is 2.96. The summed E-state index contributed by atoms with van der Waals surface area (Å²) in [6.45, 7) is 1.97. The van der Waals surface area contributed by atoms with Crippen molar-refractivity contribution in [3.63, 3.8) is 0 Å². The van der Waals surface area contributed by atoms with Crippen LogP contribution in [-0.4, -0.2) is 19.7 Å². The molecule has 0 fully saturated rings. The summed E-state index contributed by atoms with van der Waals surface area (Å²) in [4.78, 5) is 5.29. The number of benzene rings is 1. The van der Waals surface area contributed by atoms with E-state index in [2.05, 4.69) is 15.2 Å². The van der Waals surface area contributed by atoms with Crippen molar-refractivity contribution in [2.75, 3.05) is 0 Å². The van der Waals surface area contributed by atoms with Gasteiger partial charge in [0.05, 0.1) is 16.1 Å². The molecule has 0 aliphatic rings. The predicted octanol–water partition coefficient (Wildman–Crippen LogP) is 3.36. The van der Waals surface area contributed by atoms with Crippen LogP contribution in [0.15, 0.2) is 35.8 Å². The number of aryl methyl sites for hydroxylation is 1. The molecule has 0 aliphatic heterocycles. The molecule has 0 amide bonds. The number of para-hydroxylation sites is 1. The lowest BCUT2D eigenvalue weighted by molar-refractivity contribution is 1.04. The molecule has 0 spiro atoms. The number of thiazole rings is 1. The number of nitrogens with one attached hydrogen (secondary N) is 1. The highest BCUT2D eigenvalue weighted by Crippen LogP contribution is 2.27. The lowest BCUT2D eigenvalue weighted by atomic mass is 10.3. The zero-order valence-corrected chi connectivity index (χ0v) is 11.3. The molecule has 0 unspecified atom stereocenters. The largest absolute Gasteiger partial charge is 0.267 e. The van der Waals surface area contributed by atoms with Gasteiger partial charge in [-0.3, -0.25) is 9.67 Å². The van der Waals surface area contributed by atoms with Crippen LogP contribution in [0, 0.1) is 11.7 Å². The number of rotatable bonds is 2. The summed E-state index contributed by atoms with van der Waals surface area (Å²) in [5, 5.41) is 7.16. The van der Waals surface area contributed by atoms with Gasteiger partial charge in [-0.2, -0.15) is 5.10 Å². The second-order valence-corrected chi connectivity index (χ2v) is 5.03. The predicted molar refractivity (Wildman–Crippen MR) is 74.6 cm³/mol. The fraction of sp³-hybridized carbons (Fsp3) is 0.0833. The van der Waals surface area contributed by atoms with E-state index < -0.39 is 0 Å². The highest BCUT2D eigenvalue weighted by atomic mass is 32.1. The Morgan fingerprint density at radius 3 is 2.72 bits per heavy atom. The molecule has 18 heavy (non-hydrogen) atoms. The zero-order valence-electron chi connectivity index (χ0n) is 9.62. The average molecular weight is 274 g/mol. The molecule has 6 heteroatoms. The van der Waals surface area contributed by atoms with Crippen LogP contribution in [0.2, 0.25) is 0 Å². The van der Waals surface area contributed by atoms with E-state index in [-0.39, 0.29) is 0 Å². The third kappa shape index (κ3) is 1.79. The summed E-state index contributed by atoms with van der Waals surface area (Å²) in [5.74, 6) is 0.811. The first-order valence-corrected chi connectivity index (χ1v) is 6.69. The van der Waals surface area contributed by atoms with E-state index >= 15 is 0 Å². The number of nitrogens with zero attached hydrogens (tertiary/aromatic N) is 3. The summed E-state index contributed by atoms with van der Waals surface area (Å²) in [6, 6.07) is 9.95. The third-order valence-electron chi connectivity index (χ3n) is 2.64. The first-order chi connectivity index (χ1) is 8.77. The van der Waals surface area contributed by atoms with E-state index in [1.54, 1.807) is 11.3 Å². The van der Waals surface area contributed by atoms with Crippen LogP contribution < -0.4 is 0 Å². The molecule has 0 saturated heterocycles. The van der Waals surface area contributed by atoms with Crippen LogP contribution in [-0.2, 0) is 0 Å². The second kappa shape index (κ2) is 4.47. The van der Waals surface area contributed by atoms with E-state index in [1.165, 1.54) is 0 Å². The van der Waals surface area contributed by atoms with Gasteiger partial charge in [0.25, 0.3) is 0 Å². The number of H-pyrrole nitrogens is 1. The Hall–Kier alpha value is -1.79. The summed E-state index contributed by atoms with van der Waals surface area (Å²) < 4.78 is 2.51. The van der Waals surface area contributed by atoms with Crippen LogP contribution in [0.1, 0.15) is 5.69 Å². The van der Waals surface area contributed by atoms with Gasteiger partial charge in [0.2, 0.25) is 0 Å². The highest BCUT2D eigenvalue weighted by Gasteiger charge is 2.14. The molecule has 0 aliphatic carbocycles. The van der Waals surface area contributed by atoms with E-state index in [9.17, 15) is 0 Å². The molecule has 2 heterocycles. The maximum atomic E-state index is 5.30. The van der Waals surface area contributed by atoms with Gasteiger partial charge in [0.15, 0.2) is 10.6 Å². The number of aromatic nitrogens is 4. The van der Waals surface area contributed by atoms with Gasteiger partial charge in [0.1, 0.15) is 0 Å². The minimum atomic E-state index is 0.587. The van der Waals surface area contributed by atoms with Crippen molar-refractivity contribution in [3.8, 4) is 16.4 Å². The van der Waals surface area contributed by atoms with Crippen LogP contribution in [0.25, 0.3) is 16.4 Å². The van der Waals surface area contributed by atoms with Gasteiger partial charge in [0, 0.05) is 5.69 Å². The molecule has 0 saturated carbocycles. The molecular formula is C12H10N4S2. The Labute approximate surface area is 113 Å². The molecule has 0 atom stereocenters. The van der Waals surface area contributed by atoms with Crippen molar-refractivity contribution in [1.82, 2.24) is 19.7 Å². The first-order valence-electron chi connectivity index (χ1n) is 5.40. The molecule has 3 rings (SSSR count). The molecule has 4 nitrogen and oxygen atoms in total. The van der Waals surface area contributed by atoms with Crippen molar-refractivity contribution in [1.29, 1.82) is 0 Å². The van der Waals surface area contributed by atoms with Crippen LogP contribution in [0.4, 0.5) is 0 Å². The van der Waals surface area contributed by atoms with Gasteiger partial charge in [-0.05, 0) is 31.3 Å². The Kier molecular flexibility index (Phi) is 2.81. The van der Waals surface area contributed by atoms with Crippen molar-refractivity contribution < 1.29 is 0 Å². The highest BCUT2D eigenvalue weighted by molar-refractivity contribution is 7.71. The zero-order chi connectivity index (χ0) is 12.5. The van der Waals surface area contributed by atoms with E-state index in [0.29, 0.717) is 4.77 Å². The number of aromatic amines is 1. The Morgan fingerprint density at radius 2 is 2.06 bits per heavy atom. The van der Waals surface area contributed by atoms with E-state index in [4.69, 9.17) is 12.2 Å². The van der Waals surface area contributed by atoms with Crippen molar-refractivity contribution in [2.45, 2.75) is 6.92 Å². The van der Waals surface area contributed by atoms with Crippen molar-refractivity contribution >= 4 is 23.6 Å². The number of hydrogen-bond donors (Lipinski definition) is 1. The van der Waals surface area contributed by atoms with Gasteiger partial charge in [-0.1, -0.05) is 18.2 Å². The molecule has 2 aromatic heterocycles. The second-order valence-electron chi connectivity index (χ2n) is 3.79. The topological polar surface area (TPSA) is 46.5 Å². The fourth-order valence-electron chi connectivity index (χ4n) is 1.78. The van der Waals surface area contributed by atoms with Crippen molar-refractivity contribution in [3.05, 3.63) is 46.3 Å². The summed E-state index contributed by atoms with van der Waals surface area (Å²) in [5.41, 5.74) is 3.78. The Bertz CT molecular complexity index is 724. The maximum Gasteiger partial charge on any atom is 0.200 e. The smallest absolute Gasteiger partial charge is 0.200 e. The van der Waals surface area contributed by atoms with Crippen LogP contribution in [0.5, 0.6) is 0 Å². The monoisotopic (exact) mass is 274 g/mol. The molecule has 90 valence electrons. The Morgan fingerprint density at radius 1 is 1.28 bits per heavy atom. The summed E-state index contributed by atoms with van der Waals surface area (Å²) >= 11 is 6.87. The minimum absolute atomic E-state index is 0.587. The normalized spacial score (nSPS) is 10.7. The van der Waals surface area contributed by atoms with Gasteiger partial charge in [-0.25, -0.2) is 4.98 Å². The summed E-state index contributed by atoms with van der Waals surface area (Å²) in [7, 11) is 0. The Balaban J connectivity index is 2.26. The lowest BCUT2D eigenvalue weighted by Crippen LogP contribution is -1.97. The standard InChI is InChI=1S/C12H10N4S2/c1-8-10(18-7-13-8)11-14-15-12(17)16(11)9-5-3-2-4-6-9/h2-7H,1H3,(H,15,17).